The first-order chi connectivity index (χ1) is 8.67. The first kappa shape index (κ1) is 13.6. The molecule has 2 rings (SSSR count). The van der Waals surface area contributed by atoms with Crippen molar-refractivity contribution in [2.24, 2.45) is 0 Å². The first-order valence-corrected chi connectivity index (χ1v) is 7.39. The highest BCUT2D eigenvalue weighted by atomic mass is 79.9. The van der Waals surface area contributed by atoms with Crippen molar-refractivity contribution in [2.45, 2.75) is 13.0 Å². The molecule has 0 saturated carbocycles. The van der Waals surface area contributed by atoms with E-state index in [1.807, 2.05) is 19.2 Å². The maximum absolute atomic E-state index is 5.46. The molecule has 0 aliphatic carbocycles. The molecule has 1 aromatic carbocycles. The molecule has 2 aromatic rings. The Morgan fingerprint density at radius 3 is 2.67 bits per heavy atom. The second kappa shape index (κ2) is 5.87. The summed E-state index contributed by atoms with van der Waals surface area (Å²) in [4.78, 5) is 1.33. The molecule has 2 nitrogen and oxygen atoms in total. The van der Waals surface area contributed by atoms with Crippen LogP contribution >= 0.6 is 27.3 Å². The van der Waals surface area contributed by atoms with Gasteiger partial charge >= 0.3 is 0 Å². The Kier molecular flexibility index (Phi) is 4.43. The highest BCUT2D eigenvalue weighted by molar-refractivity contribution is 9.10. The fraction of sp³-hybridized carbons (Fsp3) is 0.286. The fourth-order valence-corrected chi connectivity index (χ4v) is 3.47. The Labute approximate surface area is 120 Å². The summed E-state index contributed by atoms with van der Waals surface area (Å²) >= 11 is 5.29. The maximum atomic E-state index is 5.46. The van der Waals surface area contributed by atoms with E-state index in [0.717, 1.165) is 15.8 Å². The van der Waals surface area contributed by atoms with Gasteiger partial charge in [0.1, 0.15) is 5.75 Å². The van der Waals surface area contributed by atoms with Gasteiger partial charge in [-0.05, 0) is 49.2 Å². The molecule has 0 amide bonds. The molecule has 96 valence electrons. The molecule has 0 radical (unpaired) electrons. The molecule has 0 fully saturated rings. The van der Waals surface area contributed by atoms with E-state index < -0.39 is 0 Å². The van der Waals surface area contributed by atoms with Gasteiger partial charge in [0.2, 0.25) is 0 Å². The number of halogens is 1. The lowest BCUT2D eigenvalue weighted by molar-refractivity contribution is 0.405. The summed E-state index contributed by atoms with van der Waals surface area (Å²) in [6.07, 6.45) is 0. The van der Waals surface area contributed by atoms with Gasteiger partial charge in [-0.2, -0.15) is 0 Å². The largest absolute Gasteiger partial charge is 0.496 e. The van der Waals surface area contributed by atoms with Crippen LogP contribution in [-0.4, -0.2) is 14.2 Å². The van der Waals surface area contributed by atoms with Crippen LogP contribution in [0.1, 0.15) is 22.0 Å². The minimum absolute atomic E-state index is 0.164. The zero-order chi connectivity index (χ0) is 13.1. The minimum atomic E-state index is 0.164. The maximum Gasteiger partial charge on any atom is 0.124 e. The highest BCUT2D eigenvalue weighted by Gasteiger charge is 2.19. The number of hydrogen-bond donors (Lipinski definition) is 1. The molecule has 18 heavy (non-hydrogen) atoms. The van der Waals surface area contributed by atoms with Gasteiger partial charge in [0.25, 0.3) is 0 Å². The average molecular weight is 326 g/mol. The van der Waals surface area contributed by atoms with E-state index in [1.165, 1.54) is 10.4 Å². The van der Waals surface area contributed by atoms with E-state index >= 15 is 0 Å². The Morgan fingerprint density at radius 2 is 2.11 bits per heavy atom. The fourth-order valence-electron chi connectivity index (χ4n) is 2.04. The van der Waals surface area contributed by atoms with Crippen LogP contribution in [-0.2, 0) is 0 Å². The van der Waals surface area contributed by atoms with Crippen LogP contribution in [0.4, 0.5) is 0 Å². The lowest BCUT2D eigenvalue weighted by Gasteiger charge is -2.19. The Bertz CT molecular complexity index is 538. The number of methoxy groups -OCH3 is 1. The molecule has 0 saturated heterocycles. The monoisotopic (exact) mass is 325 g/mol. The summed E-state index contributed by atoms with van der Waals surface area (Å²) in [7, 11) is 3.69. The van der Waals surface area contributed by atoms with E-state index in [2.05, 4.69) is 45.7 Å². The molecule has 0 bridgehead atoms. The number of ether oxygens (including phenoxy) is 1. The van der Waals surface area contributed by atoms with Crippen LogP contribution in [0.15, 0.2) is 34.1 Å². The molecule has 1 unspecified atom stereocenters. The molecule has 1 atom stereocenters. The first-order valence-electron chi connectivity index (χ1n) is 5.72. The predicted molar refractivity (Wildman–Crippen MR) is 80.7 cm³/mol. The number of benzene rings is 1. The number of rotatable bonds is 4. The quantitative estimate of drug-likeness (QED) is 0.912. The van der Waals surface area contributed by atoms with Gasteiger partial charge in [-0.3, -0.25) is 0 Å². The third kappa shape index (κ3) is 2.60. The van der Waals surface area contributed by atoms with Gasteiger partial charge in [-0.1, -0.05) is 15.9 Å². The summed E-state index contributed by atoms with van der Waals surface area (Å²) in [5.41, 5.74) is 2.46. The molecular formula is C14H16BrNOS. The lowest BCUT2D eigenvalue weighted by Crippen LogP contribution is -2.18. The van der Waals surface area contributed by atoms with Gasteiger partial charge in [0.05, 0.1) is 13.2 Å². The second-order valence-electron chi connectivity index (χ2n) is 4.08. The van der Waals surface area contributed by atoms with Crippen LogP contribution in [0.2, 0.25) is 0 Å². The summed E-state index contributed by atoms with van der Waals surface area (Å²) in [5.74, 6) is 0.908. The minimum Gasteiger partial charge on any atom is -0.496 e. The summed E-state index contributed by atoms with van der Waals surface area (Å²) in [6, 6.07) is 8.41. The lowest BCUT2D eigenvalue weighted by atomic mass is 10.0. The van der Waals surface area contributed by atoms with Crippen molar-refractivity contribution in [3.63, 3.8) is 0 Å². The SMILES string of the molecule is CNC(c1cc(Br)ccc1OC)c1sccc1C. The van der Waals surface area contributed by atoms with Crippen molar-refractivity contribution in [1.82, 2.24) is 5.32 Å². The molecule has 1 aromatic heterocycles. The molecule has 1 heterocycles. The normalized spacial score (nSPS) is 12.4. The number of aryl methyl sites for hydroxylation is 1. The van der Waals surface area contributed by atoms with Gasteiger partial charge in [-0.25, -0.2) is 0 Å². The highest BCUT2D eigenvalue weighted by Crippen LogP contribution is 2.35. The van der Waals surface area contributed by atoms with Crippen LogP contribution in [0.5, 0.6) is 5.75 Å². The Hall–Kier alpha value is -0.840. The molecule has 0 spiro atoms. The van der Waals surface area contributed by atoms with Gasteiger partial charge in [-0.15, -0.1) is 11.3 Å². The van der Waals surface area contributed by atoms with E-state index in [1.54, 1.807) is 18.4 Å². The van der Waals surface area contributed by atoms with E-state index in [9.17, 15) is 0 Å². The summed E-state index contributed by atoms with van der Waals surface area (Å²) < 4.78 is 6.53. The summed E-state index contributed by atoms with van der Waals surface area (Å²) in [6.45, 7) is 2.14. The standard InChI is InChI=1S/C14H16BrNOS/c1-9-6-7-18-14(9)13(16-2)11-8-10(15)4-5-12(11)17-3/h4-8,13,16H,1-3H3. The van der Waals surface area contributed by atoms with E-state index in [0.29, 0.717) is 0 Å². The van der Waals surface area contributed by atoms with Gasteiger partial charge in [0.15, 0.2) is 0 Å². The van der Waals surface area contributed by atoms with Crippen molar-refractivity contribution in [3.8, 4) is 5.75 Å². The Morgan fingerprint density at radius 1 is 1.33 bits per heavy atom. The summed E-state index contributed by atoms with van der Waals surface area (Å²) in [5, 5.41) is 5.50. The van der Waals surface area contributed by atoms with Crippen molar-refractivity contribution < 1.29 is 4.74 Å². The Balaban J connectivity index is 2.51. The van der Waals surface area contributed by atoms with Crippen LogP contribution in [0.3, 0.4) is 0 Å². The molecule has 4 heteroatoms. The van der Waals surface area contributed by atoms with Gasteiger partial charge in [0, 0.05) is 14.9 Å². The number of hydrogen-bond acceptors (Lipinski definition) is 3. The van der Waals surface area contributed by atoms with Crippen molar-refractivity contribution >= 4 is 27.3 Å². The number of thiophene rings is 1. The molecule has 1 N–H and O–H groups in total. The van der Waals surface area contributed by atoms with Crippen molar-refractivity contribution in [3.05, 3.63) is 50.1 Å². The predicted octanol–water partition coefficient (Wildman–Crippen LogP) is 4.14. The van der Waals surface area contributed by atoms with Crippen LogP contribution < -0.4 is 10.1 Å². The molecule has 0 aliphatic heterocycles. The van der Waals surface area contributed by atoms with E-state index in [4.69, 9.17) is 4.74 Å². The molecular weight excluding hydrogens is 310 g/mol. The zero-order valence-electron chi connectivity index (χ0n) is 10.7. The van der Waals surface area contributed by atoms with Crippen molar-refractivity contribution in [2.75, 3.05) is 14.2 Å². The average Bonchev–Trinajstić information content (AvgIpc) is 2.77. The van der Waals surface area contributed by atoms with E-state index in [-0.39, 0.29) is 6.04 Å². The second-order valence-corrected chi connectivity index (χ2v) is 5.94. The third-order valence-corrected chi connectivity index (χ3v) is 4.53. The smallest absolute Gasteiger partial charge is 0.124 e. The van der Waals surface area contributed by atoms with Crippen LogP contribution in [0.25, 0.3) is 0 Å². The van der Waals surface area contributed by atoms with Crippen LogP contribution in [0, 0.1) is 6.92 Å². The zero-order valence-corrected chi connectivity index (χ0v) is 13.1. The van der Waals surface area contributed by atoms with Gasteiger partial charge < -0.3 is 10.1 Å². The topological polar surface area (TPSA) is 21.3 Å². The molecule has 0 aliphatic rings. The third-order valence-electron chi connectivity index (χ3n) is 2.96. The number of nitrogens with one attached hydrogen (secondary N) is 1. The van der Waals surface area contributed by atoms with Crippen molar-refractivity contribution in [1.29, 1.82) is 0 Å².